The van der Waals surface area contributed by atoms with Crippen molar-refractivity contribution in [2.24, 2.45) is 5.73 Å². The highest BCUT2D eigenvalue weighted by Crippen LogP contribution is 2.38. The molecule has 0 amide bonds. The molecule has 2 unspecified atom stereocenters. The molecule has 11 heavy (non-hydrogen) atoms. The first-order valence-corrected chi connectivity index (χ1v) is 4.09. The number of nitrogens with zero attached hydrogens (tertiary/aromatic N) is 2. The van der Waals surface area contributed by atoms with Gasteiger partial charge in [-0.15, -0.1) is 0 Å². The zero-order chi connectivity index (χ0) is 7.84. The summed E-state index contributed by atoms with van der Waals surface area (Å²) in [7, 11) is 0. The van der Waals surface area contributed by atoms with E-state index in [0.29, 0.717) is 12.0 Å². The van der Waals surface area contributed by atoms with Crippen molar-refractivity contribution in [3.63, 3.8) is 0 Å². The highest BCUT2D eigenvalue weighted by molar-refractivity contribution is 5.22. The Balaban J connectivity index is 2.13. The number of rotatable bonds is 2. The zero-order valence-corrected chi connectivity index (χ0v) is 6.70. The van der Waals surface area contributed by atoms with E-state index in [1.54, 1.807) is 0 Å². The third kappa shape index (κ3) is 1.16. The van der Waals surface area contributed by atoms with E-state index in [1.165, 1.54) is 5.56 Å². The number of aromatic nitrogens is 2. The van der Waals surface area contributed by atoms with Crippen LogP contribution in [0.4, 0.5) is 0 Å². The molecule has 1 fully saturated rings. The average Bonchev–Trinajstić information content (AvgIpc) is 2.59. The van der Waals surface area contributed by atoms with E-state index in [0.717, 1.165) is 13.0 Å². The van der Waals surface area contributed by atoms with Crippen LogP contribution in [0.1, 0.15) is 24.8 Å². The van der Waals surface area contributed by atoms with Crippen LogP contribution in [0.25, 0.3) is 0 Å². The van der Waals surface area contributed by atoms with Crippen LogP contribution in [0.2, 0.25) is 0 Å². The standard InChI is InChI=1S/C8H13N3/c1-2-11-5-6(4-10-11)7-3-8(7)9/h4-5,7-8H,2-3,9H2,1H3. The van der Waals surface area contributed by atoms with Crippen molar-refractivity contribution in [3.05, 3.63) is 18.0 Å². The predicted molar refractivity (Wildman–Crippen MR) is 43.2 cm³/mol. The second kappa shape index (κ2) is 2.34. The molecule has 0 bridgehead atoms. The van der Waals surface area contributed by atoms with Gasteiger partial charge in [-0.3, -0.25) is 4.68 Å². The fourth-order valence-electron chi connectivity index (χ4n) is 1.34. The highest BCUT2D eigenvalue weighted by Gasteiger charge is 2.35. The Labute approximate surface area is 66.2 Å². The van der Waals surface area contributed by atoms with Crippen LogP contribution < -0.4 is 5.73 Å². The third-order valence-corrected chi connectivity index (χ3v) is 2.25. The molecular weight excluding hydrogens is 138 g/mol. The summed E-state index contributed by atoms with van der Waals surface area (Å²) in [5.41, 5.74) is 7.02. The van der Waals surface area contributed by atoms with Crippen molar-refractivity contribution in [1.82, 2.24) is 9.78 Å². The molecular formula is C8H13N3. The fraction of sp³-hybridized carbons (Fsp3) is 0.625. The van der Waals surface area contributed by atoms with Gasteiger partial charge in [-0.1, -0.05) is 0 Å². The summed E-state index contributed by atoms with van der Waals surface area (Å²) in [5, 5.41) is 4.19. The SMILES string of the molecule is CCn1cc(C2CC2N)cn1. The third-order valence-electron chi connectivity index (χ3n) is 2.25. The van der Waals surface area contributed by atoms with Crippen LogP contribution in [0.3, 0.4) is 0 Å². The van der Waals surface area contributed by atoms with Gasteiger partial charge in [0, 0.05) is 24.7 Å². The van der Waals surface area contributed by atoms with Gasteiger partial charge in [0.1, 0.15) is 0 Å². The Bertz CT molecular complexity index is 254. The van der Waals surface area contributed by atoms with Gasteiger partial charge in [0.15, 0.2) is 0 Å². The van der Waals surface area contributed by atoms with Gasteiger partial charge in [-0.25, -0.2) is 0 Å². The van der Waals surface area contributed by atoms with E-state index in [-0.39, 0.29) is 0 Å². The van der Waals surface area contributed by atoms with Crippen LogP contribution in [0.15, 0.2) is 12.4 Å². The van der Waals surface area contributed by atoms with E-state index in [9.17, 15) is 0 Å². The van der Waals surface area contributed by atoms with Gasteiger partial charge in [0.05, 0.1) is 6.20 Å². The van der Waals surface area contributed by atoms with Crippen molar-refractivity contribution in [3.8, 4) is 0 Å². The van der Waals surface area contributed by atoms with Gasteiger partial charge >= 0.3 is 0 Å². The molecule has 0 spiro atoms. The lowest BCUT2D eigenvalue weighted by molar-refractivity contribution is 0.659. The number of aryl methyl sites for hydroxylation is 1. The maximum atomic E-state index is 5.71. The van der Waals surface area contributed by atoms with E-state index < -0.39 is 0 Å². The summed E-state index contributed by atoms with van der Waals surface area (Å²) in [5.74, 6) is 0.593. The Morgan fingerprint density at radius 1 is 1.82 bits per heavy atom. The Hall–Kier alpha value is -0.830. The van der Waals surface area contributed by atoms with Crippen molar-refractivity contribution in [1.29, 1.82) is 0 Å². The van der Waals surface area contributed by atoms with Crippen LogP contribution in [-0.2, 0) is 6.54 Å². The Morgan fingerprint density at radius 3 is 3.00 bits per heavy atom. The minimum absolute atomic E-state index is 0.393. The fourth-order valence-corrected chi connectivity index (χ4v) is 1.34. The van der Waals surface area contributed by atoms with Crippen LogP contribution in [0.5, 0.6) is 0 Å². The molecule has 1 aromatic heterocycles. The Morgan fingerprint density at radius 2 is 2.55 bits per heavy atom. The lowest BCUT2D eigenvalue weighted by Crippen LogP contribution is -2.00. The van der Waals surface area contributed by atoms with Gasteiger partial charge in [0.2, 0.25) is 0 Å². The van der Waals surface area contributed by atoms with E-state index >= 15 is 0 Å². The number of nitrogens with two attached hydrogens (primary N) is 1. The molecule has 0 saturated heterocycles. The van der Waals surface area contributed by atoms with E-state index in [1.807, 2.05) is 10.9 Å². The topological polar surface area (TPSA) is 43.8 Å². The molecule has 2 atom stereocenters. The summed E-state index contributed by atoms with van der Waals surface area (Å²) in [6, 6.07) is 0.393. The van der Waals surface area contributed by atoms with Crippen molar-refractivity contribution >= 4 is 0 Å². The maximum Gasteiger partial charge on any atom is 0.0525 e. The van der Waals surface area contributed by atoms with Crippen LogP contribution in [0, 0.1) is 0 Å². The maximum absolute atomic E-state index is 5.71. The summed E-state index contributed by atoms with van der Waals surface area (Å²) in [6.07, 6.45) is 5.16. The molecule has 1 heterocycles. The molecule has 1 aliphatic rings. The first kappa shape index (κ1) is 6.85. The van der Waals surface area contributed by atoms with Crippen molar-refractivity contribution in [2.75, 3.05) is 0 Å². The highest BCUT2D eigenvalue weighted by atomic mass is 15.3. The number of hydrogen-bond donors (Lipinski definition) is 1. The summed E-state index contributed by atoms with van der Waals surface area (Å²) >= 11 is 0. The largest absolute Gasteiger partial charge is 0.327 e. The minimum Gasteiger partial charge on any atom is -0.327 e. The zero-order valence-electron chi connectivity index (χ0n) is 6.70. The molecule has 0 aromatic carbocycles. The lowest BCUT2D eigenvalue weighted by Gasteiger charge is -1.91. The van der Waals surface area contributed by atoms with Gasteiger partial charge in [-0.2, -0.15) is 5.10 Å². The van der Waals surface area contributed by atoms with Gasteiger partial charge in [-0.05, 0) is 18.9 Å². The molecule has 1 aliphatic carbocycles. The second-order valence-electron chi connectivity index (χ2n) is 3.14. The van der Waals surface area contributed by atoms with Crippen LogP contribution >= 0.6 is 0 Å². The summed E-state index contributed by atoms with van der Waals surface area (Å²) in [4.78, 5) is 0. The quantitative estimate of drug-likeness (QED) is 0.676. The smallest absolute Gasteiger partial charge is 0.0525 e. The van der Waals surface area contributed by atoms with Crippen LogP contribution in [-0.4, -0.2) is 15.8 Å². The molecule has 1 saturated carbocycles. The molecule has 0 radical (unpaired) electrons. The molecule has 2 N–H and O–H groups in total. The van der Waals surface area contributed by atoms with Gasteiger partial charge in [0.25, 0.3) is 0 Å². The summed E-state index contributed by atoms with van der Waals surface area (Å²) < 4.78 is 1.94. The second-order valence-corrected chi connectivity index (χ2v) is 3.14. The minimum atomic E-state index is 0.393. The summed E-state index contributed by atoms with van der Waals surface area (Å²) in [6.45, 7) is 3.03. The monoisotopic (exact) mass is 151 g/mol. The van der Waals surface area contributed by atoms with E-state index in [4.69, 9.17) is 5.73 Å². The van der Waals surface area contributed by atoms with Gasteiger partial charge < -0.3 is 5.73 Å². The van der Waals surface area contributed by atoms with E-state index in [2.05, 4.69) is 18.2 Å². The predicted octanol–water partition coefficient (Wildman–Crippen LogP) is 0.718. The lowest BCUT2D eigenvalue weighted by atomic mass is 10.2. The molecule has 1 aromatic rings. The van der Waals surface area contributed by atoms with Crippen molar-refractivity contribution < 1.29 is 0 Å². The number of hydrogen-bond acceptors (Lipinski definition) is 2. The molecule has 60 valence electrons. The first-order chi connectivity index (χ1) is 5.31. The molecule has 2 rings (SSSR count). The molecule has 3 heteroatoms. The molecule has 3 nitrogen and oxygen atoms in total. The molecule has 0 aliphatic heterocycles. The Kier molecular flexibility index (Phi) is 1.46. The first-order valence-electron chi connectivity index (χ1n) is 4.09. The average molecular weight is 151 g/mol. The normalized spacial score (nSPS) is 28.9. The van der Waals surface area contributed by atoms with Crippen molar-refractivity contribution in [2.45, 2.75) is 31.8 Å².